The second-order valence-corrected chi connectivity index (χ2v) is 8.54. The smallest absolute Gasteiger partial charge is 0.350 e. The number of aromatic nitrogens is 3. The lowest BCUT2D eigenvalue weighted by molar-refractivity contribution is -0.116. The van der Waals surface area contributed by atoms with Crippen molar-refractivity contribution in [1.82, 2.24) is 20.4 Å². The minimum Gasteiger partial charge on any atom is -0.461 e. The van der Waals surface area contributed by atoms with E-state index in [4.69, 9.17) is 14.0 Å². The van der Waals surface area contributed by atoms with Crippen molar-refractivity contribution in [2.75, 3.05) is 32.2 Å². The summed E-state index contributed by atoms with van der Waals surface area (Å²) in [4.78, 5) is 45.7. The third-order valence-electron chi connectivity index (χ3n) is 4.75. The number of anilines is 1. The molecule has 2 amide bonds. The first-order valence-electron chi connectivity index (χ1n) is 11.0. The molecule has 0 radical (unpaired) electrons. The Morgan fingerprint density at radius 3 is 2.66 bits per heavy atom. The van der Waals surface area contributed by atoms with Crippen molar-refractivity contribution in [3.8, 4) is 11.4 Å². The largest absolute Gasteiger partial charge is 0.461 e. The quantitative estimate of drug-likeness (QED) is 0.282. The van der Waals surface area contributed by atoms with Crippen LogP contribution in [-0.4, -0.2) is 59.8 Å². The summed E-state index contributed by atoms with van der Waals surface area (Å²) in [6.45, 7) is 4.39. The molecule has 0 unspecified atom stereocenters. The van der Waals surface area contributed by atoms with Crippen LogP contribution >= 0.6 is 11.3 Å². The molecule has 0 atom stereocenters. The van der Waals surface area contributed by atoms with Crippen molar-refractivity contribution >= 4 is 34.3 Å². The van der Waals surface area contributed by atoms with Gasteiger partial charge in [0, 0.05) is 44.7 Å². The highest BCUT2D eigenvalue weighted by atomic mass is 32.1. The third kappa shape index (κ3) is 7.69. The van der Waals surface area contributed by atoms with Crippen LogP contribution in [-0.2, 0) is 14.3 Å². The number of nitrogens with zero attached hydrogens (tertiary/aromatic N) is 3. The average Bonchev–Trinajstić information content (AvgIpc) is 3.44. The molecule has 12 heteroatoms. The second kappa shape index (κ2) is 12.7. The van der Waals surface area contributed by atoms with Crippen molar-refractivity contribution in [2.24, 2.45) is 0 Å². The number of carbonyl (C=O) groups is 3. The Morgan fingerprint density at radius 1 is 1.11 bits per heavy atom. The Bertz CT molecular complexity index is 1170. The summed E-state index contributed by atoms with van der Waals surface area (Å²) in [5, 5.41) is 9.51. The summed E-state index contributed by atoms with van der Waals surface area (Å²) in [6.07, 6.45) is 1.54. The van der Waals surface area contributed by atoms with E-state index in [1.807, 2.05) is 0 Å². The summed E-state index contributed by atoms with van der Waals surface area (Å²) in [7, 11) is 1.62. The van der Waals surface area contributed by atoms with E-state index in [-0.39, 0.29) is 24.8 Å². The maximum atomic E-state index is 12.5. The van der Waals surface area contributed by atoms with E-state index in [0.29, 0.717) is 58.2 Å². The highest BCUT2D eigenvalue weighted by Gasteiger charge is 2.18. The molecule has 186 valence electrons. The van der Waals surface area contributed by atoms with Gasteiger partial charge in [-0.2, -0.15) is 4.98 Å². The zero-order valence-corrected chi connectivity index (χ0v) is 20.6. The molecule has 0 spiro atoms. The Hall–Kier alpha value is -3.64. The minimum atomic E-state index is -0.469. The minimum absolute atomic E-state index is 0.0351. The van der Waals surface area contributed by atoms with E-state index in [1.54, 1.807) is 45.2 Å². The molecule has 0 bridgehead atoms. The molecule has 0 fully saturated rings. The van der Waals surface area contributed by atoms with Crippen LogP contribution in [0.3, 0.4) is 0 Å². The number of amides is 2. The number of esters is 1. The van der Waals surface area contributed by atoms with Gasteiger partial charge in [0.05, 0.1) is 12.3 Å². The van der Waals surface area contributed by atoms with Crippen molar-refractivity contribution in [1.29, 1.82) is 0 Å². The van der Waals surface area contributed by atoms with Crippen molar-refractivity contribution in [2.45, 2.75) is 33.1 Å². The Kier molecular flexibility index (Phi) is 9.44. The molecule has 35 heavy (non-hydrogen) atoms. The fraction of sp³-hybridized carbons (Fsp3) is 0.391. The summed E-state index contributed by atoms with van der Waals surface area (Å²) in [5.41, 5.74) is 1.54. The van der Waals surface area contributed by atoms with E-state index in [2.05, 4.69) is 25.8 Å². The monoisotopic (exact) mass is 501 g/mol. The zero-order chi connectivity index (χ0) is 25.2. The molecule has 3 rings (SSSR count). The first-order chi connectivity index (χ1) is 16.9. The van der Waals surface area contributed by atoms with Crippen LogP contribution in [0.15, 0.2) is 28.8 Å². The highest BCUT2D eigenvalue weighted by molar-refractivity contribution is 7.17. The third-order valence-corrected chi connectivity index (χ3v) is 5.81. The molecule has 0 saturated heterocycles. The van der Waals surface area contributed by atoms with Gasteiger partial charge in [0.15, 0.2) is 5.13 Å². The van der Waals surface area contributed by atoms with Gasteiger partial charge >= 0.3 is 5.97 Å². The maximum absolute atomic E-state index is 12.5. The van der Waals surface area contributed by atoms with Gasteiger partial charge in [-0.3, -0.25) is 9.59 Å². The first-order valence-corrected chi connectivity index (χ1v) is 11.8. The first kappa shape index (κ1) is 26.0. The van der Waals surface area contributed by atoms with Gasteiger partial charge in [0.2, 0.25) is 17.6 Å². The number of carbonyl (C=O) groups excluding carboxylic acids is 3. The Labute approximate surface area is 206 Å². The van der Waals surface area contributed by atoms with Gasteiger partial charge in [0.1, 0.15) is 4.88 Å². The lowest BCUT2D eigenvalue weighted by Crippen LogP contribution is -2.27. The molecular weight excluding hydrogens is 474 g/mol. The summed E-state index contributed by atoms with van der Waals surface area (Å²) < 4.78 is 15.2. The fourth-order valence-electron chi connectivity index (χ4n) is 3.01. The highest BCUT2D eigenvalue weighted by Crippen LogP contribution is 2.23. The van der Waals surface area contributed by atoms with Gasteiger partial charge in [-0.25, -0.2) is 9.78 Å². The SMILES string of the molecule is COCCCCOC(=O)c1sc(NC(=O)CCNC(=O)c2cccc(-c3noc(C)n3)c2)nc1C. The molecule has 2 aromatic heterocycles. The van der Waals surface area contributed by atoms with Crippen LogP contribution < -0.4 is 10.6 Å². The van der Waals surface area contributed by atoms with Crippen molar-refractivity contribution in [3.05, 3.63) is 46.3 Å². The van der Waals surface area contributed by atoms with E-state index in [0.717, 1.165) is 17.8 Å². The number of hydrogen-bond donors (Lipinski definition) is 2. The van der Waals surface area contributed by atoms with Crippen molar-refractivity contribution < 1.29 is 28.4 Å². The number of nitrogens with one attached hydrogen (secondary N) is 2. The van der Waals surface area contributed by atoms with Crippen LogP contribution in [0.4, 0.5) is 5.13 Å². The number of rotatable bonds is 12. The van der Waals surface area contributed by atoms with Gasteiger partial charge in [-0.15, -0.1) is 0 Å². The summed E-state index contributed by atoms with van der Waals surface area (Å²) in [6, 6.07) is 6.80. The molecule has 2 heterocycles. The van der Waals surface area contributed by atoms with E-state index in [1.165, 1.54) is 0 Å². The van der Waals surface area contributed by atoms with Crippen molar-refractivity contribution in [3.63, 3.8) is 0 Å². The number of ether oxygens (including phenoxy) is 2. The summed E-state index contributed by atoms with van der Waals surface area (Å²) in [5.74, 6) is -0.318. The average molecular weight is 502 g/mol. The summed E-state index contributed by atoms with van der Waals surface area (Å²) >= 11 is 1.05. The standard InChI is InChI=1S/C23H27N5O6S/c1-14-19(22(31)33-12-5-4-11-32-3)35-23(25-14)27-18(29)9-10-24-21(30)17-8-6-7-16(13-17)20-26-15(2)34-28-20/h6-8,13H,4-5,9-12H2,1-3H3,(H,24,30)(H,25,27,29). The molecule has 0 saturated carbocycles. The number of thiazole rings is 1. The number of unbranched alkanes of at least 4 members (excludes halogenated alkanes) is 1. The molecule has 0 aliphatic heterocycles. The maximum Gasteiger partial charge on any atom is 0.350 e. The predicted octanol–water partition coefficient (Wildman–Crippen LogP) is 3.15. The molecule has 0 aliphatic rings. The van der Waals surface area contributed by atoms with Gasteiger partial charge in [-0.1, -0.05) is 28.6 Å². The lowest BCUT2D eigenvalue weighted by Gasteiger charge is -2.06. The van der Waals surface area contributed by atoms with Crippen LogP contribution in [0, 0.1) is 13.8 Å². The number of methoxy groups -OCH3 is 1. The van der Waals surface area contributed by atoms with Crippen LogP contribution in [0.2, 0.25) is 0 Å². The molecule has 11 nitrogen and oxygen atoms in total. The molecule has 2 N–H and O–H groups in total. The number of aryl methyl sites for hydroxylation is 2. The molecule has 3 aromatic rings. The van der Waals surface area contributed by atoms with Crippen LogP contribution in [0.25, 0.3) is 11.4 Å². The Morgan fingerprint density at radius 2 is 1.91 bits per heavy atom. The molecule has 1 aromatic carbocycles. The van der Waals surface area contributed by atoms with Gasteiger partial charge in [-0.05, 0) is 31.9 Å². The fourth-order valence-corrected chi connectivity index (χ4v) is 3.88. The molecular formula is C23H27N5O6S. The predicted molar refractivity (Wildman–Crippen MR) is 128 cm³/mol. The number of hydrogen-bond acceptors (Lipinski definition) is 10. The van der Waals surface area contributed by atoms with Crippen LogP contribution in [0.1, 0.15) is 50.9 Å². The van der Waals surface area contributed by atoms with Gasteiger partial charge < -0.3 is 24.6 Å². The van der Waals surface area contributed by atoms with E-state index < -0.39 is 5.97 Å². The topological polar surface area (TPSA) is 146 Å². The zero-order valence-electron chi connectivity index (χ0n) is 19.8. The van der Waals surface area contributed by atoms with E-state index in [9.17, 15) is 14.4 Å². The number of benzene rings is 1. The van der Waals surface area contributed by atoms with Crippen LogP contribution in [0.5, 0.6) is 0 Å². The Balaban J connectivity index is 1.45. The lowest BCUT2D eigenvalue weighted by atomic mass is 10.1. The molecule has 0 aliphatic carbocycles. The van der Waals surface area contributed by atoms with E-state index >= 15 is 0 Å². The van der Waals surface area contributed by atoms with Gasteiger partial charge in [0.25, 0.3) is 5.91 Å². The normalized spacial score (nSPS) is 10.7. The second-order valence-electron chi connectivity index (χ2n) is 7.54.